The van der Waals surface area contributed by atoms with Crippen LogP contribution in [0.4, 0.5) is 0 Å². The Morgan fingerprint density at radius 1 is 1.07 bits per heavy atom. The molecule has 1 unspecified atom stereocenters. The van der Waals surface area contributed by atoms with E-state index < -0.39 is 0 Å². The molecule has 1 aliphatic heterocycles. The van der Waals surface area contributed by atoms with Gasteiger partial charge in [-0.2, -0.15) is 0 Å². The number of fused-ring (bicyclic) bond motifs is 2. The van der Waals surface area contributed by atoms with Crippen LogP contribution in [0.2, 0.25) is 0 Å². The standard InChI is InChI=1S/C13H10S2/c1-2-6-11-10(5-1)9-14-15-13-8-4-3-7-12(11)13/h1-9,13H. The molecule has 0 fully saturated rings. The van der Waals surface area contributed by atoms with Crippen LogP contribution in [0.3, 0.4) is 0 Å². The van der Waals surface area contributed by atoms with Crippen molar-refractivity contribution in [3.8, 4) is 0 Å². The quantitative estimate of drug-likeness (QED) is 0.628. The Balaban J connectivity index is 2.38. The minimum absolute atomic E-state index is 0.500. The second-order valence-electron chi connectivity index (χ2n) is 3.52. The van der Waals surface area contributed by atoms with E-state index in [0.29, 0.717) is 5.25 Å². The van der Waals surface area contributed by atoms with E-state index in [1.54, 1.807) is 0 Å². The van der Waals surface area contributed by atoms with Crippen LogP contribution in [0.1, 0.15) is 0 Å². The first-order chi connectivity index (χ1) is 7.45. The van der Waals surface area contributed by atoms with Gasteiger partial charge in [0.15, 0.2) is 0 Å². The molecule has 0 nitrogen and oxygen atoms in total. The normalized spacial score (nSPS) is 22.7. The van der Waals surface area contributed by atoms with Gasteiger partial charge in [-0.1, -0.05) is 70.2 Å². The maximum Gasteiger partial charge on any atom is 0.0593 e. The number of allylic oxidation sites excluding steroid dienone is 3. The Kier molecular flexibility index (Phi) is 2.47. The lowest BCUT2D eigenvalue weighted by atomic mass is 10.0. The molecule has 0 saturated heterocycles. The van der Waals surface area contributed by atoms with Crippen molar-refractivity contribution in [1.29, 1.82) is 0 Å². The lowest BCUT2D eigenvalue weighted by Crippen LogP contribution is -2.27. The second-order valence-corrected chi connectivity index (χ2v) is 5.80. The first kappa shape index (κ1) is 9.37. The van der Waals surface area contributed by atoms with Gasteiger partial charge in [-0.05, 0) is 21.4 Å². The lowest BCUT2D eigenvalue weighted by Gasteiger charge is -2.13. The van der Waals surface area contributed by atoms with E-state index in [4.69, 9.17) is 0 Å². The van der Waals surface area contributed by atoms with Crippen molar-refractivity contribution in [3.05, 3.63) is 59.0 Å². The third-order valence-electron chi connectivity index (χ3n) is 2.59. The summed E-state index contributed by atoms with van der Waals surface area (Å²) in [6.45, 7) is 0. The van der Waals surface area contributed by atoms with Crippen molar-refractivity contribution in [2.24, 2.45) is 0 Å². The Bertz CT molecular complexity index is 552. The molecule has 1 aliphatic carbocycles. The fourth-order valence-electron chi connectivity index (χ4n) is 1.85. The van der Waals surface area contributed by atoms with Crippen LogP contribution in [-0.4, -0.2) is 5.25 Å². The summed E-state index contributed by atoms with van der Waals surface area (Å²) in [4.78, 5) is 0. The van der Waals surface area contributed by atoms with E-state index in [1.807, 2.05) is 21.6 Å². The van der Waals surface area contributed by atoms with Crippen molar-refractivity contribution in [1.82, 2.24) is 0 Å². The van der Waals surface area contributed by atoms with Gasteiger partial charge in [0.2, 0.25) is 0 Å². The average Bonchev–Trinajstić information content (AvgIpc) is 2.48. The first-order valence-electron chi connectivity index (χ1n) is 4.91. The molecule has 1 atom stereocenters. The smallest absolute Gasteiger partial charge is 0.0593 e. The Hall–Kier alpha value is -0.860. The Morgan fingerprint density at radius 3 is 3.00 bits per heavy atom. The van der Waals surface area contributed by atoms with Crippen LogP contribution in [0.15, 0.2) is 48.6 Å². The van der Waals surface area contributed by atoms with Crippen LogP contribution < -0.4 is 10.4 Å². The topological polar surface area (TPSA) is 0 Å². The zero-order valence-electron chi connectivity index (χ0n) is 8.09. The maximum atomic E-state index is 2.27. The monoisotopic (exact) mass is 230 g/mol. The van der Waals surface area contributed by atoms with E-state index >= 15 is 0 Å². The highest BCUT2D eigenvalue weighted by Crippen LogP contribution is 2.35. The molecule has 74 valence electrons. The molecule has 1 aromatic rings. The van der Waals surface area contributed by atoms with E-state index in [1.165, 1.54) is 16.0 Å². The molecule has 0 amide bonds. The minimum Gasteiger partial charge on any atom is -0.0770 e. The predicted molar refractivity (Wildman–Crippen MR) is 70.8 cm³/mol. The molecule has 0 spiro atoms. The SMILES string of the molecule is C1=CC2=c3ccccc3=CSSC2C=C1. The number of hydrogen-bond acceptors (Lipinski definition) is 2. The molecule has 0 aromatic heterocycles. The van der Waals surface area contributed by atoms with Gasteiger partial charge in [-0.3, -0.25) is 0 Å². The Morgan fingerprint density at radius 2 is 2.00 bits per heavy atom. The number of benzene rings is 1. The molecular formula is C13H10S2. The minimum atomic E-state index is 0.500. The highest BCUT2D eigenvalue weighted by Gasteiger charge is 2.14. The summed E-state index contributed by atoms with van der Waals surface area (Å²) in [7, 11) is 3.74. The van der Waals surface area contributed by atoms with Crippen LogP contribution in [0.5, 0.6) is 0 Å². The summed E-state index contributed by atoms with van der Waals surface area (Å²) in [6.07, 6.45) is 8.76. The Labute approximate surface area is 96.9 Å². The van der Waals surface area contributed by atoms with Crippen LogP contribution >= 0.6 is 21.6 Å². The van der Waals surface area contributed by atoms with Crippen LogP contribution in [0.25, 0.3) is 11.0 Å². The molecule has 0 N–H and O–H groups in total. The highest BCUT2D eigenvalue weighted by atomic mass is 33.1. The number of hydrogen-bond donors (Lipinski definition) is 0. The summed E-state index contributed by atoms with van der Waals surface area (Å²) in [5, 5.41) is 5.46. The second kappa shape index (κ2) is 3.95. The van der Waals surface area contributed by atoms with E-state index in [9.17, 15) is 0 Å². The van der Waals surface area contributed by atoms with Gasteiger partial charge in [-0.15, -0.1) is 0 Å². The molecule has 1 aromatic carbocycles. The van der Waals surface area contributed by atoms with Crippen molar-refractivity contribution in [3.63, 3.8) is 0 Å². The van der Waals surface area contributed by atoms with Gasteiger partial charge < -0.3 is 0 Å². The van der Waals surface area contributed by atoms with Crippen molar-refractivity contribution in [2.75, 3.05) is 0 Å². The molecule has 1 heterocycles. The van der Waals surface area contributed by atoms with E-state index in [0.717, 1.165) is 0 Å². The largest absolute Gasteiger partial charge is 0.0770 e. The molecule has 0 saturated carbocycles. The van der Waals surface area contributed by atoms with Gasteiger partial charge in [0.25, 0.3) is 0 Å². The van der Waals surface area contributed by atoms with Gasteiger partial charge in [0, 0.05) is 0 Å². The third kappa shape index (κ3) is 1.68. The summed E-state index contributed by atoms with van der Waals surface area (Å²) < 4.78 is 0. The number of rotatable bonds is 0. The van der Waals surface area contributed by atoms with E-state index in [2.05, 4.69) is 54.0 Å². The molecule has 15 heavy (non-hydrogen) atoms. The third-order valence-corrected chi connectivity index (χ3v) is 4.91. The van der Waals surface area contributed by atoms with Crippen molar-refractivity contribution in [2.45, 2.75) is 5.25 Å². The molecule has 0 bridgehead atoms. The van der Waals surface area contributed by atoms with Gasteiger partial charge >= 0.3 is 0 Å². The maximum absolute atomic E-state index is 2.27. The fourth-order valence-corrected chi connectivity index (χ4v) is 4.14. The summed E-state index contributed by atoms with van der Waals surface area (Å²) in [6, 6.07) is 8.61. The van der Waals surface area contributed by atoms with E-state index in [-0.39, 0.29) is 0 Å². The predicted octanol–water partition coefficient (Wildman–Crippen LogP) is 2.46. The molecule has 2 aliphatic rings. The van der Waals surface area contributed by atoms with Crippen LogP contribution in [-0.2, 0) is 0 Å². The zero-order chi connectivity index (χ0) is 10.1. The highest BCUT2D eigenvalue weighted by molar-refractivity contribution is 8.79. The molecule has 3 rings (SSSR count). The summed E-state index contributed by atoms with van der Waals surface area (Å²) >= 11 is 0. The van der Waals surface area contributed by atoms with Crippen molar-refractivity contribution >= 4 is 32.6 Å². The fraction of sp³-hybridized carbons (Fsp3) is 0.0769. The van der Waals surface area contributed by atoms with Gasteiger partial charge in [0.05, 0.1) is 5.25 Å². The zero-order valence-corrected chi connectivity index (χ0v) is 9.72. The van der Waals surface area contributed by atoms with Crippen molar-refractivity contribution < 1.29 is 0 Å². The lowest BCUT2D eigenvalue weighted by molar-refractivity contribution is 1.37. The van der Waals surface area contributed by atoms with Gasteiger partial charge in [-0.25, -0.2) is 0 Å². The van der Waals surface area contributed by atoms with Crippen LogP contribution in [0, 0.1) is 0 Å². The molecule has 2 heteroatoms. The summed E-state index contributed by atoms with van der Waals surface area (Å²) in [5.74, 6) is 0. The summed E-state index contributed by atoms with van der Waals surface area (Å²) in [5.41, 5.74) is 1.43. The first-order valence-corrected chi connectivity index (χ1v) is 7.19. The molecular weight excluding hydrogens is 220 g/mol. The van der Waals surface area contributed by atoms with Gasteiger partial charge in [0.1, 0.15) is 0 Å². The average molecular weight is 230 g/mol. The molecule has 0 radical (unpaired) electrons.